The molecule has 0 bridgehead atoms. The van der Waals surface area contributed by atoms with Gasteiger partial charge in [0, 0.05) is 11.5 Å². The Bertz CT molecular complexity index is 1370. The minimum atomic E-state index is -2.71. The predicted molar refractivity (Wildman–Crippen MR) is 135 cm³/mol. The molecule has 0 aromatic heterocycles. The van der Waals surface area contributed by atoms with Gasteiger partial charge in [0.1, 0.15) is 40.8 Å². The molecule has 1 fully saturated rings. The number of hydrazine groups is 1. The number of ketones is 2. The molecule has 208 valence electrons. The normalized spacial score (nSPS) is 26.1. The van der Waals surface area contributed by atoms with Gasteiger partial charge in [0.25, 0.3) is 5.91 Å². The first-order valence-corrected chi connectivity index (χ1v) is 12.2. The highest BCUT2D eigenvalue weighted by atomic mass is 16.8. The fraction of sp³-hybridized carbons (Fsp3) is 0.423. The zero-order valence-corrected chi connectivity index (χ0v) is 21.7. The third-order valence-corrected chi connectivity index (χ3v) is 7.78. The number of likely N-dealkylation sites (N-methyl/N-ethyl adjacent to an activating group) is 1. The molecule has 0 spiro atoms. The summed E-state index contributed by atoms with van der Waals surface area (Å²) in [5, 5.41) is 46.1. The number of amides is 1. The maximum absolute atomic E-state index is 13.9. The van der Waals surface area contributed by atoms with Crippen LogP contribution in [0.25, 0.3) is 5.76 Å². The number of rotatable bonds is 8. The van der Waals surface area contributed by atoms with E-state index < -0.39 is 58.0 Å². The first-order chi connectivity index (χ1) is 18.3. The Morgan fingerprint density at radius 3 is 2.51 bits per heavy atom. The van der Waals surface area contributed by atoms with E-state index in [1.807, 2.05) is 0 Å². The third kappa shape index (κ3) is 4.05. The molecular formula is C26H31N4O9+. The Morgan fingerprint density at radius 2 is 1.95 bits per heavy atom. The lowest BCUT2D eigenvalue weighted by Gasteiger charge is -2.50. The SMILES string of the molecule is C=CCN(Cc1ccc(O)c2c1C[C@H]1C[C@H]3[C@H](N(C)C)C(=O)C(C(N)=O)=C(O)[C@@]3(O)C(=O)C1=C2O)[N+](=O)OC. The molecule has 0 unspecified atom stereocenters. The minimum Gasteiger partial charge on any atom is -0.508 e. The van der Waals surface area contributed by atoms with E-state index in [0.717, 1.165) is 0 Å². The fourth-order valence-electron chi connectivity index (χ4n) is 6.11. The van der Waals surface area contributed by atoms with Crippen LogP contribution in [-0.2, 0) is 32.2 Å². The van der Waals surface area contributed by atoms with Crippen LogP contribution in [0.3, 0.4) is 0 Å². The zero-order chi connectivity index (χ0) is 29.0. The number of phenols is 1. The van der Waals surface area contributed by atoms with E-state index in [1.165, 1.54) is 43.3 Å². The van der Waals surface area contributed by atoms with Crippen molar-refractivity contribution in [2.75, 3.05) is 27.7 Å². The molecule has 0 aliphatic heterocycles. The number of aromatic hydroxyl groups is 1. The number of carbonyl (C=O) groups excluding carboxylic acids is 3. The van der Waals surface area contributed by atoms with E-state index in [1.54, 1.807) is 6.07 Å². The number of fused-ring (bicyclic) bond motifs is 3. The average molecular weight is 544 g/mol. The van der Waals surface area contributed by atoms with E-state index in [2.05, 4.69) is 6.58 Å². The van der Waals surface area contributed by atoms with Crippen LogP contribution in [0.4, 0.5) is 0 Å². The van der Waals surface area contributed by atoms with Crippen LogP contribution >= 0.6 is 0 Å². The van der Waals surface area contributed by atoms with Gasteiger partial charge in [-0.15, -0.1) is 6.58 Å². The van der Waals surface area contributed by atoms with E-state index >= 15 is 0 Å². The first-order valence-electron chi connectivity index (χ1n) is 12.2. The van der Waals surface area contributed by atoms with Gasteiger partial charge in [-0.2, -0.15) is 0 Å². The summed E-state index contributed by atoms with van der Waals surface area (Å²) in [6.07, 6.45) is 1.56. The molecule has 0 heterocycles. The van der Waals surface area contributed by atoms with Crippen molar-refractivity contribution in [2.45, 2.75) is 31.0 Å². The Labute approximate surface area is 223 Å². The van der Waals surface area contributed by atoms with Crippen LogP contribution in [0.5, 0.6) is 5.75 Å². The van der Waals surface area contributed by atoms with Crippen molar-refractivity contribution < 1.29 is 44.7 Å². The molecule has 3 aliphatic rings. The van der Waals surface area contributed by atoms with Crippen LogP contribution in [-0.4, -0.2) is 92.2 Å². The number of benzene rings is 1. The number of phenolic OH excluding ortho intramolecular Hbond substituents is 1. The maximum Gasteiger partial charge on any atom is 0.359 e. The zero-order valence-electron chi connectivity index (χ0n) is 21.7. The van der Waals surface area contributed by atoms with E-state index in [9.17, 15) is 39.7 Å². The second kappa shape index (κ2) is 9.82. The van der Waals surface area contributed by atoms with E-state index in [4.69, 9.17) is 10.6 Å². The number of hydrogen-bond acceptors (Lipinski definition) is 10. The summed E-state index contributed by atoms with van der Waals surface area (Å²) in [6.45, 7) is 3.76. The number of nitrogens with two attached hydrogens (primary N) is 1. The molecule has 39 heavy (non-hydrogen) atoms. The molecule has 0 radical (unpaired) electrons. The molecule has 6 N–H and O–H groups in total. The predicted octanol–water partition coefficient (Wildman–Crippen LogP) is 0.207. The van der Waals surface area contributed by atoms with Gasteiger partial charge in [-0.1, -0.05) is 17.2 Å². The Kier molecular flexibility index (Phi) is 7.00. The van der Waals surface area contributed by atoms with Gasteiger partial charge in [0.2, 0.25) is 5.78 Å². The number of hydrogen-bond donors (Lipinski definition) is 5. The van der Waals surface area contributed by atoms with Crippen LogP contribution in [0.1, 0.15) is 23.1 Å². The van der Waals surface area contributed by atoms with E-state index in [-0.39, 0.29) is 47.8 Å². The molecule has 13 heteroatoms. The highest BCUT2D eigenvalue weighted by Crippen LogP contribution is 2.53. The van der Waals surface area contributed by atoms with Gasteiger partial charge in [0.05, 0.1) is 11.6 Å². The standard InChI is InChI=1S/C26H30N4O9/c1-5-8-29(30(38)39-4)11-12-6-7-16(31)18-14(12)9-13-10-15-20(28(2)3)22(33)19(25(27)36)24(35)26(15,37)23(34)17(13)21(18)32/h5-7,13,15,20,37H,1,8-11H2,2-4H3,(H4-,27,31,32,33,34,35,36)/p+1/t13-,15-,20-,26-/m0/s1. The summed E-state index contributed by atoms with van der Waals surface area (Å²) in [7, 11) is 4.26. The summed E-state index contributed by atoms with van der Waals surface area (Å²) in [5.41, 5.74) is 2.45. The van der Waals surface area contributed by atoms with Gasteiger partial charge in [-0.3, -0.25) is 19.3 Å². The van der Waals surface area contributed by atoms with Crippen LogP contribution < -0.4 is 5.73 Å². The number of Topliss-reactive ketones (excluding diaryl/α,β-unsaturated/α-hetero) is 2. The molecule has 1 aromatic carbocycles. The summed E-state index contributed by atoms with van der Waals surface area (Å²) >= 11 is 0. The van der Waals surface area contributed by atoms with E-state index in [0.29, 0.717) is 11.1 Å². The fourth-order valence-corrected chi connectivity index (χ4v) is 6.11. The van der Waals surface area contributed by atoms with Crippen molar-refractivity contribution in [1.82, 2.24) is 9.91 Å². The third-order valence-electron chi connectivity index (χ3n) is 7.78. The topological polar surface area (TPSA) is 194 Å². The lowest BCUT2D eigenvalue weighted by Crippen LogP contribution is -2.65. The molecule has 1 aromatic rings. The van der Waals surface area contributed by atoms with Crippen LogP contribution in [0.15, 0.2) is 41.7 Å². The molecule has 4 atom stereocenters. The Hall–Kier alpha value is -4.23. The molecule has 13 nitrogen and oxygen atoms in total. The van der Waals surface area contributed by atoms with Crippen LogP contribution in [0.2, 0.25) is 0 Å². The average Bonchev–Trinajstić information content (AvgIpc) is 2.86. The Morgan fingerprint density at radius 1 is 1.28 bits per heavy atom. The quantitative estimate of drug-likeness (QED) is 0.171. The molecule has 1 amide bonds. The second-order valence-corrected chi connectivity index (χ2v) is 10.1. The summed E-state index contributed by atoms with van der Waals surface area (Å²) in [4.78, 5) is 57.5. The number of nitrogens with zero attached hydrogens (tertiary/aromatic N) is 3. The summed E-state index contributed by atoms with van der Waals surface area (Å²) < 4.78 is 0. The summed E-state index contributed by atoms with van der Waals surface area (Å²) in [6, 6.07) is 1.70. The first kappa shape index (κ1) is 27.8. The van der Waals surface area contributed by atoms with Crippen molar-refractivity contribution in [3.63, 3.8) is 0 Å². The van der Waals surface area contributed by atoms with Crippen molar-refractivity contribution >= 4 is 23.2 Å². The molecule has 0 saturated heterocycles. The minimum absolute atomic E-state index is 0.00687. The molecule has 3 aliphatic carbocycles. The van der Waals surface area contributed by atoms with Gasteiger partial charge in [-0.05, 0) is 50.0 Å². The molecular weight excluding hydrogens is 512 g/mol. The highest BCUT2D eigenvalue weighted by molar-refractivity contribution is 6.24. The van der Waals surface area contributed by atoms with Crippen LogP contribution in [0, 0.1) is 16.7 Å². The molecule has 4 rings (SSSR count). The number of carbonyl (C=O) groups is 3. The van der Waals surface area contributed by atoms with Crippen molar-refractivity contribution in [3.8, 4) is 5.75 Å². The van der Waals surface area contributed by atoms with Gasteiger partial charge in [-0.25, -0.2) is 4.84 Å². The summed E-state index contributed by atoms with van der Waals surface area (Å²) in [5.74, 6) is -7.22. The second-order valence-electron chi connectivity index (χ2n) is 10.1. The van der Waals surface area contributed by atoms with Gasteiger partial charge in [0.15, 0.2) is 18.5 Å². The number of aliphatic hydroxyl groups excluding tert-OH is 2. The van der Waals surface area contributed by atoms with Gasteiger partial charge >= 0.3 is 5.03 Å². The number of primary amides is 1. The lowest BCUT2D eigenvalue weighted by atomic mass is 9.57. The Balaban J connectivity index is 1.90. The van der Waals surface area contributed by atoms with Gasteiger partial charge < -0.3 is 26.2 Å². The highest BCUT2D eigenvalue weighted by Gasteiger charge is 2.64. The monoisotopic (exact) mass is 543 g/mol. The van der Waals surface area contributed by atoms with Crippen molar-refractivity contribution in [3.05, 3.63) is 63.3 Å². The molecule has 1 saturated carbocycles. The van der Waals surface area contributed by atoms with Crippen molar-refractivity contribution in [1.29, 1.82) is 0 Å². The smallest absolute Gasteiger partial charge is 0.359 e. The largest absolute Gasteiger partial charge is 0.508 e. The van der Waals surface area contributed by atoms with Crippen molar-refractivity contribution in [2.24, 2.45) is 17.6 Å². The number of aliphatic hydroxyl groups is 3. The lowest BCUT2D eigenvalue weighted by molar-refractivity contribution is -0.906. The maximum atomic E-state index is 13.9.